The van der Waals surface area contributed by atoms with Crippen LogP contribution < -0.4 is 10.6 Å². The summed E-state index contributed by atoms with van der Waals surface area (Å²) in [5.41, 5.74) is 1.54. The van der Waals surface area contributed by atoms with E-state index < -0.39 is 6.03 Å². The van der Waals surface area contributed by atoms with Gasteiger partial charge in [0.1, 0.15) is 5.75 Å². The monoisotopic (exact) mass is 389 g/mol. The summed E-state index contributed by atoms with van der Waals surface area (Å²) < 4.78 is 0. The van der Waals surface area contributed by atoms with Gasteiger partial charge in [0, 0.05) is 22.5 Å². The van der Waals surface area contributed by atoms with Gasteiger partial charge in [0.05, 0.1) is 16.8 Å². The molecule has 3 aromatic carbocycles. The predicted octanol–water partition coefficient (Wildman–Crippen LogP) is 4.19. The summed E-state index contributed by atoms with van der Waals surface area (Å²) in [6, 6.07) is 14.2. The van der Waals surface area contributed by atoms with Gasteiger partial charge in [-0.1, -0.05) is 24.3 Å². The van der Waals surface area contributed by atoms with E-state index in [4.69, 9.17) is 0 Å². The third-order valence-corrected chi connectivity index (χ3v) is 4.84. The average molecular weight is 389 g/mol. The van der Waals surface area contributed by atoms with Crippen LogP contribution in [0.4, 0.5) is 16.2 Å². The summed E-state index contributed by atoms with van der Waals surface area (Å²) in [5.74, 6) is -0.566. The smallest absolute Gasteiger partial charge is 0.323 e. The van der Waals surface area contributed by atoms with E-state index in [0.29, 0.717) is 27.7 Å². The van der Waals surface area contributed by atoms with Gasteiger partial charge >= 0.3 is 6.03 Å². The molecule has 0 aromatic heterocycles. The molecule has 0 saturated carbocycles. The molecule has 1 heterocycles. The highest BCUT2D eigenvalue weighted by Gasteiger charge is 2.37. The van der Waals surface area contributed by atoms with Crippen molar-refractivity contribution in [1.82, 2.24) is 4.90 Å². The van der Waals surface area contributed by atoms with Crippen LogP contribution in [-0.4, -0.2) is 33.9 Å². The van der Waals surface area contributed by atoms with Crippen molar-refractivity contribution in [2.45, 2.75) is 19.9 Å². The molecule has 7 nitrogen and oxygen atoms in total. The molecule has 0 saturated heterocycles. The maximum atomic E-state index is 12.5. The zero-order chi connectivity index (χ0) is 20.7. The first kappa shape index (κ1) is 18.5. The minimum atomic E-state index is -0.502. The first-order valence-electron chi connectivity index (χ1n) is 9.17. The van der Waals surface area contributed by atoms with E-state index in [-0.39, 0.29) is 29.2 Å². The number of phenolic OH excluding ortho intramolecular Hbond substituents is 1. The third kappa shape index (κ3) is 3.16. The van der Waals surface area contributed by atoms with E-state index in [9.17, 15) is 19.5 Å². The Morgan fingerprint density at radius 3 is 2.34 bits per heavy atom. The molecule has 3 aromatic rings. The molecule has 146 valence electrons. The number of fused-ring (bicyclic) bond motifs is 2. The van der Waals surface area contributed by atoms with E-state index in [0.717, 1.165) is 0 Å². The number of rotatable bonds is 3. The number of nitrogens with one attached hydrogen (secondary N) is 2. The Kier molecular flexibility index (Phi) is 4.43. The molecule has 3 N–H and O–H groups in total. The van der Waals surface area contributed by atoms with Gasteiger partial charge in [-0.25, -0.2) is 4.79 Å². The first-order chi connectivity index (χ1) is 13.9. The summed E-state index contributed by atoms with van der Waals surface area (Å²) in [7, 11) is 0. The van der Waals surface area contributed by atoms with Gasteiger partial charge in [0.15, 0.2) is 0 Å². The van der Waals surface area contributed by atoms with Crippen LogP contribution in [0.3, 0.4) is 0 Å². The molecule has 4 rings (SSSR count). The second-order valence-corrected chi connectivity index (χ2v) is 7.09. The lowest BCUT2D eigenvalue weighted by atomic mass is 10.1. The molecule has 4 amide bonds. The number of carbonyl (C=O) groups is 3. The largest absolute Gasteiger partial charge is 0.507 e. The highest BCUT2D eigenvalue weighted by molar-refractivity contribution is 6.22. The van der Waals surface area contributed by atoms with E-state index in [1.807, 2.05) is 0 Å². The predicted molar refractivity (Wildman–Crippen MR) is 110 cm³/mol. The summed E-state index contributed by atoms with van der Waals surface area (Å²) in [4.78, 5) is 38.6. The Hall–Kier alpha value is -3.87. The van der Waals surface area contributed by atoms with E-state index in [1.165, 1.54) is 11.0 Å². The molecule has 0 fully saturated rings. The van der Waals surface area contributed by atoms with Crippen molar-refractivity contribution in [2.24, 2.45) is 0 Å². The number of imide groups is 1. The van der Waals surface area contributed by atoms with Gasteiger partial charge in [-0.05, 0) is 44.2 Å². The Bertz CT molecular complexity index is 1170. The number of carbonyl (C=O) groups excluding carboxylic acids is 3. The molecule has 0 bridgehead atoms. The number of anilines is 2. The van der Waals surface area contributed by atoms with Gasteiger partial charge in [0.25, 0.3) is 11.8 Å². The SMILES string of the molecule is CC(C)N1C(=O)c2ccc(NC(=O)Nc3cccc4c(O)cccc34)cc2C1=O. The van der Waals surface area contributed by atoms with Crippen LogP contribution in [0.1, 0.15) is 34.6 Å². The Balaban J connectivity index is 1.56. The summed E-state index contributed by atoms with van der Waals surface area (Å²) >= 11 is 0. The number of phenols is 1. The number of hydrogen-bond acceptors (Lipinski definition) is 4. The topological polar surface area (TPSA) is 98.7 Å². The zero-order valence-electron chi connectivity index (χ0n) is 15.9. The van der Waals surface area contributed by atoms with Crippen molar-refractivity contribution in [3.05, 3.63) is 65.7 Å². The molecule has 1 aliphatic rings. The summed E-state index contributed by atoms with van der Waals surface area (Å²) in [6.45, 7) is 3.55. The fraction of sp³-hybridized carbons (Fsp3) is 0.136. The van der Waals surface area contributed by atoms with Crippen molar-refractivity contribution in [3.63, 3.8) is 0 Å². The molecule has 1 aliphatic heterocycles. The molecule has 0 aliphatic carbocycles. The van der Waals surface area contributed by atoms with E-state index in [2.05, 4.69) is 10.6 Å². The van der Waals surface area contributed by atoms with Crippen LogP contribution in [0.25, 0.3) is 10.8 Å². The number of aromatic hydroxyl groups is 1. The van der Waals surface area contributed by atoms with Crippen molar-refractivity contribution < 1.29 is 19.5 Å². The van der Waals surface area contributed by atoms with Crippen molar-refractivity contribution in [3.8, 4) is 5.75 Å². The maximum absolute atomic E-state index is 12.5. The Morgan fingerprint density at radius 1 is 0.897 bits per heavy atom. The van der Waals surface area contributed by atoms with Crippen molar-refractivity contribution >= 4 is 40.0 Å². The van der Waals surface area contributed by atoms with E-state index >= 15 is 0 Å². The maximum Gasteiger partial charge on any atom is 0.323 e. The van der Waals surface area contributed by atoms with Crippen LogP contribution in [-0.2, 0) is 0 Å². The fourth-order valence-corrected chi connectivity index (χ4v) is 3.49. The molecule has 0 radical (unpaired) electrons. The molecular formula is C22H19N3O4. The van der Waals surface area contributed by atoms with Crippen molar-refractivity contribution in [1.29, 1.82) is 0 Å². The highest BCUT2D eigenvalue weighted by atomic mass is 16.3. The minimum Gasteiger partial charge on any atom is -0.507 e. The fourth-order valence-electron chi connectivity index (χ4n) is 3.49. The number of hydrogen-bond donors (Lipinski definition) is 3. The molecule has 0 spiro atoms. The standard InChI is InChI=1S/C22H19N3O4/c1-12(2)25-20(27)16-10-9-13(11-17(16)21(25)28)23-22(29)24-18-7-3-6-15-14(18)5-4-8-19(15)26/h3-12,26H,1-2H3,(H2,23,24,29). The number of nitrogens with zero attached hydrogens (tertiary/aromatic N) is 1. The van der Waals surface area contributed by atoms with Crippen LogP contribution in [0, 0.1) is 0 Å². The second kappa shape index (κ2) is 6.94. The second-order valence-electron chi connectivity index (χ2n) is 7.09. The summed E-state index contributed by atoms with van der Waals surface area (Å²) in [6.07, 6.45) is 0. The minimum absolute atomic E-state index is 0.128. The first-order valence-corrected chi connectivity index (χ1v) is 9.17. The highest BCUT2D eigenvalue weighted by Crippen LogP contribution is 2.30. The zero-order valence-corrected chi connectivity index (χ0v) is 15.9. The third-order valence-electron chi connectivity index (χ3n) is 4.84. The van der Waals surface area contributed by atoms with E-state index in [1.54, 1.807) is 62.4 Å². The number of amides is 4. The molecule has 7 heteroatoms. The number of benzene rings is 3. The van der Waals surface area contributed by atoms with Gasteiger partial charge < -0.3 is 15.7 Å². The lowest BCUT2D eigenvalue weighted by Gasteiger charge is -2.17. The normalized spacial score (nSPS) is 13.1. The molecule has 0 atom stereocenters. The van der Waals surface area contributed by atoms with Crippen LogP contribution >= 0.6 is 0 Å². The Labute approximate surface area is 166 Å². The molecule has 29 heavy (non-hydrogen) atoms. The van der Waals surface area contributed by atoms with Crippen molar-refractivity contribution in [2.75, 3.05) is 10.6 Å². The van der Waals surface area contributed by atoms with Gasteiger partial charge in [-0.15, -0.1) is 0 Å². The lowest BCUT2D eigenvalue weighted by molar-refractivity contribution is 0.0609. The quantitative estimate of drug-likeness (QED) is 0.585. The molecular weight excluding hydrogens is 370 g/mol. The summed E-state index contributed by atoms with van der Waals surface area (Å²) in [5, 5.41) is 16.7. The lowest BCUT2D eigenvalue weighted by Crippen LogP contribution is -2.35. The molecule has 0 unspecified atom stereocenters. The van der Waals surface area contributed by atoms with Gasteiger partial charge in [-0.2, -0.15) is 0 Å². The van der Waals surface area contributed by atoms with Gasteiger partial charge in [-0.3, -0.25) is 14.5 Å². The van der Waals surface area contributed by atoms with Crippen LogP contribution in [0.15, 0.2) is 54.6 Å². The Morgan fingerprint density at radius 2 is 1.59 bits per heavy atom. The van der Waals surface area contributed by atoms with Gasteiger partial charge in [0.2, 0.25) is 0 Å². The van der Waals surface area contributed by atoms with Crippen LogP contribution in [0.5, 0.6) is 5.75 Å². The van der Waals surface area contributed by atoms with Crippen LogP contribution in [0.2, 0.25) is 0 Å². The average Bonchev–Trinajstić information content (AvgIpc) is 2.93. The number of urea groups is 1.